The summed E-state index contributed by atoms with van der Waals surface area (Å²) in [5, 5.41) is 4.21. The van der Waals surface area contributed by atoms with Crippen molar-refractivity contribution in [1.29, 1.82) is 0 Å². The largest absolute Gasteiger partial charge is 0.271 e. The molecule has 1 atom stereocenters. The van der Waals surface area contributed by atoms with Crippen LogP contribution >= 0.6 is 11.3 Å². The standard InChI is InChI=1S/C12H15N3S/c13-15-12(11-5-7-16-9-11)4-3-10-2-1-6-14-8-10/h1-2,5-9,12,15H,3-4,13H2. The van der Waals surface area contributed by atoms with Crippen LogP contribution in [0.15, 0.2) is 41.4 Å². The highest BCUT2D eigenvalue weighted by atomic mass is 32.1. The van der Waals surface area contributed by atoms with Crippen molar-refractivity contribution >= 4 is 11.3 Å². The van der Waals surface area contributed by atoms with Gasteiger partial charge in [-0.05, 0) is 46.9 Å². The lowest BCUT2D eigenvalue weighted by atomic mass is 10.0. The lowest BCUT2D eigenvalue weighted by Gasteiger charge is -2.14. The Labute approximate surface area is 99.3 Å². The van der Waals surface area contributed by atoms with Crippen LogP contribution in [-0.4, -0.2) is 4.98 Å². The van der Waals surface area contributed by atoms with Gasteiger partial charge in [0, 0.05) is 18.4 Å². The minimum atomic E-state index is 0.228. The summed E-state index contributed by atoms with van der Waals surface area (Å²) in [7, 11) is 0. The molecule has 3 N–H and O–H groups in total. The molecule has 0 fully saturated rings. The number of nitrogens with two attached hydrogens (primary N) is 1. The van der Waals surface area contributed by atoms with Gasteiger partial charge in [-0.15, -0.1) is 0 Å². The van der Waals surface area contributed by atoms with Gasteiger partial charge in [0.25, 0.3) is 0 Å². The molecule has 0 amide bonds. The first-order valence-corrected chi connectivity index (χ1v) is 6.21. The molecule has 0 saturated carbocycles. The van der Waals surface area contributed by atoms with Crippen LogP contribution in [0, 0.1) is 0 Å². The minimum Gasteiger partial charge on any atom is -0.271 e. The number of hydrogen-bond acceptors (Lipinski definition) is 4. The van der Waals surface area contributed by atoms with Gasteiger partial charge in [0.15, 0.2) is 0 Å². The average molecular weight is 233 g/mol. The van der Waals surface area contributed by atoms with Crippen LogP contribution in [0.4, 0.5) is 0 Å². The third kappa shape index (κ3) is 2.88. The molecule has 84 valence electrons. The molecule has 16 heavy (non-hydrogen) atoms. The second-order valence-corrected chi connectivity index (χ2v) is 4.46. The molecule has 0 spiro atoms. The van der Waals surface area contributed by atoms with Gasteiger partial charge >= 0.3 is 0 Å². The predicted molar refractivity (Wildman–Crippen MR) is 66.9 cm³/mol. The van der Waals surface area contributed by atoms with Crippen LogP contribution < -0.4 is 11.3 Å². The number of thiophene rings is 1. The molecule has 2 aromatic heterocycles. The fourth-order valence-electron chi connectivity index (χ4n) is 1.68. The van der Waals surface area contributed by atoms with Gasteiger partial charge in [-0.1, -0.05) is 6.07 Å². The molecule has 1 unspecified atom stereocenters. The van der Waals surface area contributed by atoms with Crippen molar-refractivity contribution in [3.63, 3.8) is 0 Å². The summed E-state index contributed by atoms with van der Waals surface area (Å²) in [6, 6.07) is 6.39. The summed E-state index contributed by atoms with van der Waals surface area (Å²) in [5.74, 6) is 5.57. The number of rotatable bonds is 5. The molecule has 0 saturated heterocycles. The number of aryl methyl sites for hydroxylation is 1. The Morgan fingerprint density at radius 1 is 1.44 bits per heavy atom. The van der Waals surface area contributed by atoms with E-state index in [9.17, 15) is 0 Å². The Morgan fingerprint density at radius 2 is 2.38 bits per heavy atom. The second-order valence-electron chi connectivity index (χ2n) is 3.68. The van der Waals surface area contributed by atoms with Gasteiger partial charge in [-0.2, -0.15) is 11.3 Å². The molecule has 4 heteroatoms. The fraction of sp³-hybridized carbons (Fsp3) is 0.250. The first-order valence-electron chi connectivity index (χ1n) is 5.27. The number of nitrogens with one attached hydrogen (secondary N) is 1. The number of hydrogen-bond donors (Lipinski definition) is 2. The van der Waals surface area contributed by atoms with Gasteiger partial charge in [0.1, 0.15) is 0 Å². The lowest BCUT2D eigenvalue weighted by molar-refractivity contribution is 0.517. The minimum absolute atomic E-state index is 0.228. The van der Waals surface area contributed by atoms with E-state index >= 15 is 0 Å². The highest BCUT2D eigenvalue weighted by molar-refractivity contribution is 7.07. The molecule has 0 aliphatic heterocycles. The van der Waals surface area contributed by atoms with Crippen LogP contribution in [0.5, 0.6) is 0 Å². The third-order valence-electron chi connectivity index (χ3n) is 2.59. The summed E-state index contributed by atoms with van der Waals surface area (Å²) in [4.78, 5) is 4.10. The van der Waals surface area contributed by atoms with Crippen LogP contribution in [0.2, 0.25) is 0 Å². The maximum absolute atomic E-state index is 5.57. The van der Waals surface area contributed by atoms with E-state index < -0.39 is 0 Å². The molecule has 0 bridgehead atoms. The molecule has 3 nitrogen and oxygen atoms in total. The Hall–Kier alpha value is -1.23. The molecule has 0 aliphatic carbocycles. The molecule has 2 rings (SSSR count). The van der Waals surface area contributed by atoms with E-state index in [1.54, 1.807) is 17.5 Å². The first-order chi connectivity index (χ1) is 7.90. The summed E-state index contributed by atoms with van der Waals surface area (Å²) in [5.41, 5.74) is 5.37. The van der Waals surface area contributed by atoms with E-state index in [1.165, 1.54) is 11.1 Å². The van der Waals surface area contributed by atoms with Gasteiger partial charge in [-0.25, -0.2) is 0 Å². The molecule has 0 aromatic carbocycles. The second kappa shape index (κ2) is 5.75. The number of pyridine rings is 1. The lowest BCUT2D eigenvalue weighted by Crippen LogP contribution is -2.28. The van der Waals surface area contributed by atoms with Crippen LogP contribution in [0.1, 0.15) is 23.6 Å². The maximum atomic E-state index is 5.57. The summed E-state index contributed by atoms with van der Waals surface area (Å²) < 4.78 is 0. The highest BCUT2D eigenvalue weighted by Crippen LogP contribution is 2.20. The smallest absolute Gasteiger partial charge is 0.0471 e. The Kier molecular flexibility index (Phi) is 4.04. The number of hydrazine groups is 1. The van der Waals surface area contributed by atoms with Crippen molar-refractivity contribution in [1.82, 2.24) is 10.4 Å². The SMILES string of the molecule is NNC(CCc1cccnc1)c1ccsc1. The molecular weight excluding hydrogens is 218 g/mol. The fourth-order valence-corrected chi connectivity index (χ4v) is 2.39. The zero-order valence-corrected chi connectivity index (χ0v) is 9.78. The normalized spacial score (nSPS) is 12.6. The van der Waals surface area contributed by atoms with E-state index in [0.717, 1.165) is 12.8 Å². The van der Waals surface area contributed by atoms with Crippen molar-refractivity contribution in [2.24, 2.45) is 5.84 Å². The van der Waals surface area contributed by atoms with Gasteiger partial charge < -0.3 is 0 Å². The monoisotopic (exact) mass is 233 g/mol. The zero-order valence-electron chi connectivity index (χ0n) is 8.97. The van der Waals surface area contributed by atoms with Crippen LogP contribution in [-0.2, 0) is 6.42 Å². The van der Waals surface area contributed by atoms with Crippen LogP contribution in [0.3, 0.4) is 0 Å². The van der Waals surface area contributed by atoms with Gasteiger partial charge in [0.2, 0.25) is 0 Å². The highest BCUT2D eigenvalue weighted by Gasteiger charge is 2.09. The van der Waals surface area contributed by atoms with E-state index in [0.29, 0.717) is 0 Å². The molecule has 0 aliphatic rings. The van der Waals surface area contributed by atoms with Crippen molar-refractivity contribution in [3.8, 4) is 0 Å². The van der Waals surface area contributed by atoms with Crippen molar-refractivity contribution in [2.45, 2.75) is 18.9 Å². The van der Waals surface area contributed by atoms with Crippen molar-refractivity contribution in [3.05, 3.63) is 52.5 Å². The molecule has 2 aromatic rings. The Balaban J connectivity index is 1.94. The molecular formula is C12H15N3S. The summed E-state index contributed by atoms with van der Waals surface area (Å²) in [6.45, 7) is 0. The molecule has 0 radical (unpaired) electrons. The van der Waals surface area contributed by atoms with Crippen molar-refractivity contribution < 1.29 is 0 Å². The van der Waals surface area contributed by atoms with Gasteiger partial charge in [0.05, 0.1) is 0 Å². The van der Waals surface area contributed by atoms with E-state index in [-0.39, 0.29) is 6.04 Å². The topological polar surface area (TPSA) is 50.9 Å². The zero-order chi connectivity index (χ0) is 11.2. The number of aromatic nitrogens is 1. The Morgan fingerprint density at radius 3 is 3.00 bits per heavy atom. The maximum Gasteiger partial charge on any atom is 0.0471 e. The number of nitrogens with zero attached hydrogens (tertiary/aromatic N) is 1. The van der Waals surface area contributed by atoms with Gasteiger partial charge in [-0.3, -0.25) is 16.3 Å². The van der Waals surface area contributed by atoms with Crippen molar-refractivity contribution in [2.75, 3.05) is 0 Å². The van der Waals surface area contributed by atoms with E-state index in [2.05, 4.69) is 33.3 Å². The third-order valence-corrected chi connectivity index (χ3v) is 3.29. The van der Waals surface area contributed by atoms with E-state index in [4.69, 9.17) is 5.84 Å². The first kappa shape index (κ1) is 11.3. The predicted octanol–water partition coefficient (Wildman–Crippen LogP) is 2.28. The quantitative estimate of drug-likeness (QED) is 0.615. The summed E-state index contributed by atoms with van der Waals surface area (Å²) >= 11 is 1.70. The summed E-state index contributed by atoms with van der Waals surface area (Å²) in [6.07, 6.45) is 5.67. The average Bonchev–Trinajstić information content (AvgIpc) is 2.85. The van der Waals surface area contributed by atoms with Crippen LogP contribution in [0.25, 0.3) is 0 Å². The Bertz CT molecular complexity index is 399. The molecule has 2 heterocycles. The van der Waals surface area contributed by atoms with E-state index in [1.807, 2.05) is 12.3 Å².